The highest BCUT2D eigenvalue weighted by atomic mass is 19.1. The minimum atomic E-state index is -0.945. The molecule has 1 amide bonds. The largest absolute Gasteiger partial charge is 0.324 e. The molecule has 1 aliphatic rings. The predicted molar refractivity (Wildman–Crippen MR) is 175 cm³/mol. The van der Waals surface area contributed by atoms with Crippen molar-refractivity contribution in [3.63, 3.8) is 0 Å². The highest BCUT2D eigenvalue weighted by Crippen LogP contribution is 2.33. The molecule has 1 fully saturated rings. The number of nitrogens with zero attached hydrogens (tertiary/aromatic N) is 5. The van der Waals surface area contributed by atoms with Gasteiger partial charge in [0.05, 0.1) is 17.1 Å². The predicted octanol–water partition coefficient (Wildman–Crippen LogP) is 7.32. The van der Waals surface area contributed by atoms with Gasteiger partial charge in [0.1, 0.15) is 29.0 Å². The zero-order chi connectivity index (χ0) is 32.3. The molecule has 11 heteroatoms. The second-order valence-electron chi connectivity index (χ2n) is 11.4. The van der Waals surface area contributed by atoms with E-state index in [2.05, 4.69) is 26.6 Å². The molecular weight excluding hydrogens is 603 g/mol. The number of carbonyl (C=O) groups is 1. The number of benzene rings is 3. The van der Waals surface area contributed by atoms with Crippen molar-refractivity contribution in [1.29, 1.82) is 0 Å². The van der Waals surface area contributed by atoms with Crippen molar-refractivity contribution in [2.24, 2.45) is 0 Å². The molecule has 8 nitrogen and oxygen atoms in total. The van der Waals surface area contributed by atoms with Crippen LogP contribution in [0.15, 0.2) is 103 Å². The second kappa shape index (κ2) is 13.1. The lowest BCUT2D eigenvalue weighted by molar-refractivity contribution is 0.101. The van der Waals surface area contributed by atoms with E-state index in [1.54, 1.807) is 30.5 Å². The van der Waals surface area contributed by atoms with Crippen LogP contribution in [0.5, 0.6) is 0 Å². The average molecular weight is 634 g/mol. The summed E-state index contributed by atoms with van der Waals surface area (Å²) < 4.78 is 44.0. The molecule has 4 heterocycles. The Kier molecular flexibility index (Phi) is 8.36. The summed E-state index contributed by atoms with van der Waals surface area (Å²) in [6, 6.07) is 25.7. The number of halogens is 3. The Morgan fingerprint density at radius 3 is 2.53 bits per heavy atom. The van der Waals surface area contributed by atoms with Crippen LogP contribution >= 0.6 is 0 Å². The molecule has 0 aliphatic carbocycles. The van der Waals surface area contributed by atoms with Crippen molar-refractivity contribution >= 4 is 28.9 Å². The highest BCUT2D eigenvalue weighted by Gasteiger charge is 2.22. The first-order chi connectivity index (χ1) is 22.9. The standard InChI is InChI=1S/C36H30F3N7O/c37-25-15-19-45(22-25)18-14-23-6-3-8-26(20-23)42-36-40-16-13-30(43-36)34-33(44-31-12-1-2-17-46(31)34)24-7-4-9-27(21-24)41-35(47)32-28(38)10-5-11-29(32)39/h1-13,16-17,20-21,25H,14-15,18-19,22H2,(H,41,47)(H,40,42,43)/t25-/m0/s1. The number of aromatic nitrogens is 4. The molecule has 3 aromatic heterocycles. The molecule has 0 saturated carbocycles. The van der Waals surface area contributed by atoms with Gasteiger partial charge in [-0.1, -0.05) is 36.4 Å². The van der Waals surface area contributed by atoms with Gasteiger partial charge in [-0.3, -0.25) is 9.20 Å². The van der Waals surface area contributed by atoms with E-state index < -0.39 is 29.3 Å². The normalized spacial score (nSPS) is 14.8. The fourth-order valence-electron chi connectivity index (χ4n) is 5.85. The first-order valence-electron chi connectivity index (χ1n) is 15.3. The third kappa shape index (κ3) is 6.56. The van der Waals surface area contributed by atoms with E-state index in [4.69, 9.17) is 9.97 Å². The number of likely N-dealkylation sites (tertiary alicyclic amines) is 1. The Hall–Kier alpha value is -5.55. The van der Waals surface area contributed by atoms with Gasteiger partial charge in [-0.2, -0.15) is 0 Å². The average Bonchev–Trinajstić information content (AvgIpc) is 3.67. The number of pyridine rings is 1. The summed E-state index contributed by atoms with van der Waals surface area (Å²) in [7, 11) is 0. The molecule has 0 unspecified atom stereocenters. The van der Waals surface area contributed by atoms with E-state index >= 15 is 0 Å². The quantitative estimate of drug-likeness (QED) is 0.174. The number of hydrogen-bond donors (Lipinski definition) is 2. The SMILES string of the molecule is O=C(Nc1cccc(-c2nc3ccccn3c2-c2ccnc(Nc3cccc(CCN4CC[C@H](F)C4)c3)n2)c1)c1c(F)cccc1F. The second-order valence-corrected chi connectivity index (χ2v) is 11.4. The Morgan fingerprint density at radius 2 is 1.70 bits per heavy atom. The van der Waals surface area contributed by atoms with Crippen LogP contribution in [0, 0.1) is 11.6 Å². The molecule has 236 valence electrons. The lowest BCUT2D eigenvalue weighted by atomic mass is 10.1. The number of carbonyl (C=O) groups excluding carboxylic acids is 1. The van der Waals surface area contributed by atoms with Gasteiger partial charge in [0, 0.05) is 49.0 Å². The lowest BCUT2D eigenvalue weighted by Gasteiger charge is -2.15. The monoisotopic (exact) mass is 633 g/mol. The van der Waals surface area contributed by atoms with Gasteiger partial charge in [-0.25, -0.2) is 28.1 Å². The fraction of sp³-hybridized carbons (Fsp3) is 0.167. The third-order valence-electron chi connectivity index (χ3n) is 8.13. The molecule has 0 bridgehead atoms. The zero-order valence-electron chi connectivity index (χ0n) is 25.2. The summed E-state index contributed by atoms with van der Waals surface area (Å²) in [4.78, 5) is 29.1. The van der Waals surface area contributed by atoms with Crippen molar-refractivity contribution in [2.75, 3.05) is 30.3 Å². The number of fused-ring (bicyclic) bond motifs is 1. The van der Waals surface area contributed by atoms with E-state index in [0.717, 1.165) is 42.9 Å². The molecule has 6 aromatic rings. The first kappa shape index (κ1) is 30.1. The van der Waals surface area contributed by atoms with Crippen molar-refractivity contribution in [2.45, 2.75) is 19.0 Å². The fourth-order valence-corrected chi connectivity index (χ4v) is 5.85. The van der Waals surface area contributed by atoms with Crippen LogP contribution in [-0.4, -0.2) is 56.0 Å². The maximum absolute atomic E-state index is 14.3. The lowest BCUT2D eigenvalue weighted by Crippen LogP contribution is -2.23. The third-order valence-corrected chi connectivity index (χ3v) is 8.13. The molecule has 1 atom stereocenters. The Balaban J connectivity index is 1.17. The van der Waals surface area contributed by atoms with Crippen LogP contribution in [-0.2, 0) is 6.42 Å². The van der Waals surface area contributed by atoms with E-state index in [-0.39, 0.29) is 0 Å². The molecule has 0 spiro atoms. The zero-order valence-corrected chi connectivity index (χ0v) is 25.2. The minimum absolute atomic E-state index is 0.345. The number of amides is 1. The summed E-state index contributed by atoms with van der Waals surface area (Å²) in [5, 5.41) is 5.91. The van der Waals surface area contributed by atoms with Crippen LogP contribution < -0.4 is 10.6 Å². The van der Waals surface area contributed by atoms with Crippen molar-refractivity contribution in [1.82, 2.24) is 24.3 Å². The van der Waals surface area contributed by atoms with Crippen LogP contribution in [0.3, 0.4) is 0 Å². The van der Waals surface area contributed by atoms with E-state index in [1.807, 2.05) is 53.1 Å². The van der Waals surface area contributed by atoms with Crippen molar-refractivity contribution in [3.05, 3.63) is 126 Å². The summed E-state index contributed by atoms with van der Waals surface area (Å²) in [5.41, 5.74) is 4.88. The molecule has 1 aliphatic heterocycles. The van der Waals surface area contributed by atoms with E-state index in [0.29, 0.717) is 52.9 Å². The van der Waals surface area contributed by atoms with Crippen LogP contribution in [0.25, 0.3) is 28.3 Å². The van der Waals surface area contributed by atoms with Gasteiger partial charge in [-0.15, -0.1) is 0 Å². The molecule has 7 rings (SSSR count). The highest BCUT2D eigenvalue weighted by molar-refractivity contribution is 6.05. The van der Waals surface area contributed by atoms with Crippen LogP contribution in [0.2, 0.25) is 0 Å². The summed E-state index contributed by atoms with van der Waals surface area (Å²) in [6.45, 7) is 2.09. The van der Waals surface area contributed by atoms with Gasteiger partial charge in [0.25, 0.3) is 5.91 Å². The number of hydrogen-bond acceptors (Lipinski definition) is 6. The van der Waals surface area contributed by atoms with Gasteiger partial charge < -0.3 is 15.5 Å². The number of imidazole rings is 1. The topological polar surface area (TPSA) is 87.5 Å². The summed E-state index contributed by atoms with van der Waals surface area (Å²) in [5.74, 6) is -2.39. The van der Waals surface area contributed by atoms with E-state index in [1.165, 1.54) is 6.07 Å². The Morgan fingerprint density at radius 1 is 0.894 bits per heavy atom. The van der Waals surface area contributed by atoms with Crippen molar-refractivity contribution < 1.29 is 18.0 Å². The molecule has 1 saturated heterocycles. The van der Waals surface area contributed by atoms with Gasteiger partial charge >= 0.3 is 0 Å². The molecular formula is C36H30F3N7O. The number of alkyl halides is 1. The van der Waals surface area contributed by atoms with Crippen LogP contribution in [0.4, 0.5) is 30.5 Å². The van der Waals surface area contributed by atoms with Gasteiger partial charge in [0.15, 0.2) is 0 Å². The summed E-state index contributed by atoms with van der Waals surface area (Å²) in [6.07, 6.45) is 4.23. The maximum Gasteiger partial charge on any atom is 0.261 e. The Bertz CT molecular complexity index is 2060. The molecule has 0 radical (unpaired) electrons. The van der Waals surface area contributed by atoms with Gasteiger partial charge in [0.2, 0.25) is 5.95 Å². The summed E-state index contributed by atoms with van der Waals surface area (Å²) >= 11 is 0. The number of anilines is 3. The van der Waals surface area contributed by atoms with Crippen LogP contribution in [0.1, 0.15) is 22.3 Å². The maximum atomic E-state index is 14.3. The molecule has 47 heavy (non-hydrogen) atoms. The molecule has 3 aromatic carbocycles. The number of nitrogens with one attached hydrogen (secondary N) is 2. The minimum Gasteiger partial charge on any atom is -0.324 e. The Labute approximate surface area is 269 Å². The van der Waals surface area contributed by atoms with E-state index in [9.17, 15) is 18.0 Å². The van der Waals surface area contributed by atoms with Crippen molar-refractivity contribution in [3.8, 4) is 22.6 Å². The first-order valence-corrected chi connectivity index (χ1v) is 15.3. The number of rotatable bonds is 9. The van der Waals surface area contributed by atoms with Gasteiger partial charge in [-0.05, 0) is 73.0 Å². The smallest absolute Gasteiger partial charge is 0.261 e. The molecule has 2 N–H and O–H groups in total.